The molecule has 0 N–H and O–H groups in total. The van der Waals surface area contributed by atoms with Crippen LogP contribution in [-0.2, 0) is 0 Å². The number of hydrogen-bond donors (Lipinski definition) is 0. The van der Waals surface area contributed by atoms with E-state index in [0.29, 0.717) is 17.6 Å². The standard InChI is InChI=1S/C63H41N5/c1-5-19-42(20-6-1)46-27-17-29-48(39-46)49-35-36-51(44-23-9-3-10-24-44)58(41-49)67-56-33-15-13-31-52(56)54-37-38-55-53-32-14-16-34-57(53)68(60(55)59(54)67)63-65-61(45-25-11-4-12-26-45)64-62(66-63)50-30-18-28-47(40-50)43-21-7-2-8-22-43/h1-41H. The van der Waals surface area contributed by atoms with Gasteiger partial charge in [-0.2, -0.15) is 9.97 Å². The van der Waals surface area contributed by atoms with Crippen molar-refractivity contribution in [3.63, 3.8) is 0 Å². The van der Waals surface area contributed by atoms with E-state index in [0.717, 1.165) is 93.8 Å². The fourth-order valence-electron chi connectivity index (χ4n) is 10.0. The highest BCUT2D eigenvalue weighted by Crippen LogP contribution is 2.44. The molecule has 5 heteroatoms. The molecule has 68 heavy (non-hydrogen) atoms. The van der Waals surface area contributed by atoms with Gasteiger partial charge in [0.15, 0.2) is 11.6 Å². The second-order valence-corrected chi connectivity index (χ2v) is 17.2. The van der Waals surface area contributed by atoms with Crippen molar-refractivity contribution in [3.05, 3.63) is 249 Å². The van der Waals surface area contributed by atoms with Gasteiger partial charge in [-0.1, -0.05) is 218 Å². The maximum Gasteiger partial charge on any atom is 0.238 e. The molecule has 5 nitrogen and oxygen atoms in total. The minimum atomic E-state index is 0.546. The quantitative estimate of drug-likeness (QED) is 0.153. The molecule has 13 aromatic rings. The molecule has 0 spiro atoms. The smallest absolute Gasteiger partial charge is 0.238 e. The number of benzene rings is 10. The summed E-state index contributed by atoms with van der Waals surface area (Å²) >= 11 is 0. The summed E-state index contributed by atoms with van der Waals surface area (Å²) in [6, 6.07) is 88.3. The van der Waals surface area contributed by atoms with Gasteiger partial charge >= 0.3 is 0 Å². The molecular formula is C63H41N5. The van der Waals surface area contributed by atoms with Gasteiger partial charge < -0.3 is 4.57 Å². The molecule has 10 aromatic carbocycles. The predicted octanol–water partition coefficient (Wildman–Crippen LogP) is 16.1. The van der Waals surface area contributed by atoms with Crippen LogP contribution >= 0.6 is 0 Å². The van der Waals surface area contributed by atoms with Crippen molar-refractivity contribution in [2.45, 2.75) is 0 Å². The first-order valence-corrected chi connectivity index (χ1v) is 23.0. The van der Waals surface area contributed by atoms with Crippen molar-refractivity contribution in [2.75, 3.05) is 0 Å². The molecule has 13 rings (SSSR count). The normalized spacial score (nSPS) is 11.5. The minimum Gasteiger partial charge on any atom is -0.307 e. The van der Waals surface area contributed by atoms with E-state index in [1.165, 1.54) is 11.1 Å². The molecule has 3 aromatic heterocycles. The van der Waals surface area contributed by atoms with Crippen LogP contribution in [-0.4, -0.2) is 24.1 Å². The van der Waals surface area contributed by atoms with Crippen molar-refractivity contribution in [2.24, 2.45) is 0 Å². The van der Waals surface area contributed by atoms with E-state index in [2.05, 4.69) is 234 Å². The van der Waals surface area contributed by atoms with Crippen molar-refractivity contribution in [1.82, 2.24) is 24.1 Å². The second-order valence-electron chi connectivity index (χ2n) is 17.2. The third-order valence-electron chi connectivity index (χ3n) is 13.2. The van der Waals surface area contributed by atoms with Gasteiger partial charge in [-0.3, -0.25) is 4.57 Å². The fraction of sp³-hybridized carbons (Fsp3) is 0. The zero-order valence-electron chi connectivity index (χ0n) is 36.9. The first-order chi connectivity index (χ1) is 33.7. The van der Waals surface area contributed by atoms with Crippen molar-refractivity contribution < 1.29 is 0 Å². The average molecular weight is 868 g/mol. The summed E-state index contributed by atoms with van der Waals surface area (Å²) in [5.74, 6) is 1.75. The molecule has 0 aliphatic rings. The third-order valence-corrected chi connectivity index (χ3v) is 13.2. The van der Waals surface area contributed by atoms with Gasteiger partial charge in [0.25, 0.3) is 0 Å². The van der Waals surface area contributed by atoms with Crippen LogP contribution in [0.25, 0.3) is 123 Å². The molecule has 0 amide bonds. The van der Waals surface area contributed by atoms with Gasteiger partial charge in [-0.15, -0.1) is 0 Å². The highest BCUT2D eigenvalue weighted by molar-refractivity contribution is 6.24. The maximum atomic E-state index is 5.45. The van der Waals surface area contributed by atoms with Gasteiger partial charge in [-0.25, -0.2) is 4.98 Å². The Balaban J connectivity index is 1.13. The zero-order valence-corrected chi connectivity index (χ0v) is 36.9. The lowest BCUT2D eigenvalue weighted by molar-refractivity contribution is 0.953. The third kappa shape index (κ3) is 6.68. The Morgan fingerprint density at radius 1 is 0.250 bits per heavy atom. The van der Waals surface area contributed by atoms with E-state index in [-0.39, 0.29) is 0 Å². The summed E-state index contributed by atoms with van der Waals surface area (Å²) in [6.07, 6.45) is 0. The lowest BCUT2D eigenvalue weighted by Crippen LogP contribution is -2.07. The van der Waals surface area contributed by atoms with Crippen molar-refractivity contribution >= 4 is 43.6 Å². The lowest BCUT2D eigenvalue weighted by atomic mass is 9.95. The number of hydrogen-bond acceptors (Lipinski definition) is 3. The number of aromatic nitrogens is 5. The van der Waals surface area contributed by atoms with E-state index in [4.69, 9.17) is 15.0 Å². The molecule has 0 saturated heterocycles. The Labute approximate surface area is 393 Å². The number of rotatable bonds is 8. The number of fused-ring (bicyclic) bond motifs is 7. The fourth-order valence-corrected chi connectivity index (χ4v) is 10.0. The van der Waals surface area contributed by atoms with Crippen LogP contribution in [0.15, 0.2) is 249 Å². The van der Waals surface area contributed by atoms with E-state index >= 15 is 0 Å². The number of nitrogens with zero attached hydrogens (tertiary/aromatic N) is 5. The summed E-state index contributed by atoms with van der Waals surface area (Å²) in [6.45, 7) is 0. The first-order valence-electron chi connectivity index (χ1n) is 23.0. The Bertz CT molecular complexity index is 4010. The van der Waals surface area contributed by atoms with Crippen LogP contribution in [0.3, 0.4) is 0 Å². The van der Waals surface area contributed by atoms with E-state index in [1.54, 1.807) is 0 Å². The van der Waals surface area contributed by atoms with Crippen LogP contribution in [0.5, 0.6) is 0 Å². The second kappa shape index (κ2) is 16.4. The van der Waals surface area contributed by atoms with E-state index in [1.807, 2.05) is 24.3 Å². The predicted molar refractivity (Wildman–Crippen MR) is 281 cm³/mol. The summed E-state index contributed by atoms with van der Waals surface area (Å²) in [4.78, 5) is 16.1. The van der Waals surface area contributed by atoms with Crippen LogP contribution in [0.1, 0.15) is 0 Å². The summed E-state index contributed by atoms with van der Waals surface area (Å²) in [5, 5.41) is 4.53. The van der Waals surface area contributed by atoms with Gasteiger partial charge in [0.1, 0.15) is 0 Å². The monoisotopic (exact) mass is 867 g/mol. The topological polar surface area (TPSA) is 48.5 Å². The van der Waals surface area contributed by atoms with Crippen LogP contribution in [0.4, 0.5) is 0 Å². The Kier molecular flexibility index (Phi) is 9.43. The molecule has 0 saturated carbocycles. The molecule has 318 valence electrons. The van der Waals surface area contributed by atoms with Gasteiger partial charge in [0.05, 0.1) is 27.8 Å². The summed E-state index contributed by atoms with van der Waals surface area (Å²) in [7, 11) is 0. The van der Waals surface area contributed by atoms with E-state index < -0.39 is 0 Å². The van der Waals surface area contributed by atoms with Gasteiger partial charge in [0, 0.05) is 38.2 Å². The summed E-state index contributed by atoms with van der Waals surface area (Å²) < 4.78 is 4.76. The van der Waals surface area contributed by atoms with Crippen molar-refractivity contribution in [1.29, 1.82) is 0 Å². The highest BCUT2D eigenvalue weighted by atomic mass is 15.2. The lowest BCUT2D eigenvalue weighted by Gasteiger charge is -2.18. The molecule has 0 aliphatic carbocycles. The molecule has 0 atom stereocenters. The molecule has 0 radical (unpaired) electrons. The molecule has 0 unspecified atom stereocenters. The average Bonchev–Trinajstić information content (AvgIpc) is 3.95. The Hall–Kier alpha value is -9.19. The van der Waals surface area contributed by atoms with Crippen LogP contribution < -0.4 is 0 Å². The molecule has 3 heterocycles. The van der Waals surface area contributed by atoms with Gasteiger partial charge in [0.2, 0.25) is 5.95 Å². The van der Waals surface area contributed by atoms with Crippen molar-refractivity contribution in [3.8, 4) is 78.9 Å². The Morgan fingerprint density at radius 2 is 0.662 bits per heavy atom. The molecule has 0 bridgehead atoms. The Morgan fingerprint density at radius 3 is 1.25 bits per heavy atom. The maximum absolute atomic E-state index is 5.45. The molecule has 0 aliphatic heterocycles. The highest BCUT2D eigenvalue weighted by Gasteiger charge is 2.25. The number of para-hydroxylation sites is 2. The summed E-state index contributed by atoms with van der Waals surface area (Å²) in [5.41, 5.74) is 16.2. The zero-order chi connectivity index (χ0) is 45.0. The van der Waals surface area contributed by atoms with Crippen LogP contribution in [0, 0.1) is 0 Å². The molecular weight excluding hydrogens is 827 g/mol. The van der Waals surface area contributed by atoms with E-state index in [9.17, 15) is 0 Å². The SMILES string of the molecule is c1ccc(-c2cccc(-c3ccc(-c4ccccc4)c(-n4c5ccccc5c5ccc6c7ccccc7n(-c7nc(-c8ccccc8)nc(-c8cccc(-c9ccccc9)c8)n7)c6c54)c3)c2)cc1. The van der Waals surface area contributed by atoms with Crippen LogP contribution in [0.2, 0.25) is 0 Å². The first kappa shape index (κ1) is 39.2. The van der Waals surface area contributed by atoms with Gasteiger partial charge in [-0.05, 0) is 69.3 Å². The largest absolute Gasteiger partial charge is 0.307 e. The minimum absolute atomic E-state index is 0.546. The molecule has 0 fully saturated rings.